The summed E-state index contributed by atoms with van der Waals surface area (Å²) in [6, 6.07) is 3.49. The smallest absolute Gasteiger partial charge is 0.293 e. The van der Waals surface area contributed by atoms with Gasteiger partial charge in [0.05, 0.1) is 11.2 Å². The van der Waals surface area contributed by atoms with Gasteiger partial charge < -0.3 is 4.42 Å². The Kier molecular flexibility index (Phi) is 3.68. The van der Waals surface area contributed by atoms with Crippen molar-refractivity contribution in [2.45, 2.75) is 19.8 Å². The van der Waals surface area contributed by atoms with Crippen LogP contribution in [0.4, 0.5) is 4.79 Å². The van der Waals surface area contributed by atoms with Gasteiger partial charge in [0.15, 0.2) is 0 Å². The summed E-state index contributed by atoms with van der Waals surface area (Å²) in [5, 5.41) is -0.193. The van der Waals surface area contributed by atoms with E-state index in [4.69, 9.17) is 4.42 Å². The summed E-state index contributed by atoms with van der Waals surface area (Å²) in [5.41, 5.74) is 0. The van der Waals surface area contributed by atoms with Gasteiger partial charge in [-0.2, -0.15) is 0 Å². The molecule has 0 bridgehead atoms. The first-order chi connectivity index (χ1) is 8.22. The third-order valence-corrected chi connectivity index (χ3v) is 3.33. The molecule has 1 saturated heterocycles. The molecule has 1 aliphatic heterocycles. The van der Waals surface area contributed by atoms with Crippen LogP contribution in [0.15, 0.2) is 27.7 Å². The maximum atomic E-state index is 11.9. The monoisotopic (exact) mass is 251 g/mol. The number of hydrogen-bond donors (Lipinski definition) is 0. The van der Waals surface area contributed by atoms with E-state index in [-0.39, 0.29) is 11.1 Å². The molecule has 0 atom stereocenters. The molecule has 1 aromatic heterocycles. The van der Waals surface area contributed by atoms with Gasteiger partial charge in [0.2, 0.25) is 0 Å². The van der Waals surface area contributed by atoms with Gasteiger partial charge in [-0.1, -0.05) is 13.3 Å². The van der Waals surface area contributed by atoms with Crippen LogP contribution in [-0.2, 0) is 4.79 Å². The first-order valence-electron chi connectivity index (χ1n) is 5.51. The average molecular weight is 251 g/mol. The minimum absolute atomic E-state index is 0.193. The zero-order valence-electron chi connectivity index (χ0n) is 9.51. The molecular formula is C12H13NO3S. The van der Waals surface area contributed by atoms with Crippen molar-refractivity contribution in [1.29, 1.82) is 0 Å². The van der Waals surface area contributed by atoms with Gasteiger partial charge in [-0.15, -0.1) is 0 Å². The summed E-state index contributed by atoms with van der Waals surface area (Å²) in [7, 11) is 0. The Morgan fingerprint density at radius 2 is 2.29 bits per heavy atom. The second-order valence-electron chi connectivity index (χ2n) is 3.70. The highest BCUT2D eigenvalue weighted by molar-refractivity contribution is 8.18. The Morgan fingerprint density at radius 1 is 1.47 bits per heavy atom. The quantitative estimate of drug-likeness (QED) is 0.771. The zero-order valence-corrected chi connectivity index (χ0v) is 10.3. The van der Waals surface area contributed by atoms with Gasteiger partial charge in [-0.3, -0.25) is 14.5 Å². The second kappa shape index (κ2) is 5.23. The van der Waals surface area contributed by atoms with E-state index in [1.54, 1.807) is 18.2 Å². The van der Waals surface area contributed by atoms with E-state index in [9.17, 15) is 9.59 Å². The van der Waals surface area contributed by atoms with Crippen molar-refractivity contribution in [3.05, 3.63) is 29.1 Å². The molecule has 1 aromatic rings. The number of furan rings is 1. The first-order valence-corrected chi connectivity index (χ1v) is 6.33. The van der Waals surface area contributed by atoms with Gasteiger partial charge in [-0.25, -0.2) is 0 Å². The number of nitrogens with zero attached hydrogens (tertiary/aromatic N) is 1. The highest BCUT2D eigenvalue weighted by Crippen LogP contribution is 2.32. The lowest BCUT2D eigenvalue weighted by atomic mass is 10.3. The number of amides is 2. The second-order valence-corrected chi connectivity index (χ2v) is 4.70. The molecule has 0 saturated carbocycles. The molecular weight excluding hydrogens is 238 g/mol. The summed E-state index contributed by atoms with van der Waals surface area (Å²) in [5.74, 6) is 0.371. The summed E-state index contributed by atoms with van der Waals surface area (Å²) in [6.45, 7) is 2.52. The maximum absolute atomic E-state index is 11.9. The molecule has 0 aromatic carbocycles. The number of thioether (sulfide) groups is 1. The van der Waals surface area contributed by atoms with E-state index >= 15 is 0 Å². The summed E-state index contributed by atoms with van der Waals surface area (Å²) < 4.78 is 5.12. The van der Waals surface area contributed by atoms with E-state index in [1.807, 2.05) is 6.92 Å². The van der Waals surface area contributed by atoms with Crippen LogP contribution in [0.2, 0.25) is 0 Å². The van der Waals surface area contributed by atoms with Crippen LogP contribution in [0.25, 0.3) is 6.08 Å². The lowest BCUT2D eigenvalue weighted by Gasteiger charge is -2.10. The van der Waals surface area contributed by atoms with Crippen LogP contribution in [0.1, 0.15) is 25.5 Å². The Morgan fingerprint density at radius 3 is 2.94 bits per heavy atom. The third-order valence-electron chi connectivity index (χ3n) is 2.43. The number of unbranched alkanes of at least 4 members (excludes halogenated alkanes) is 1. The summed E-state index contributed by atoms with van der Waals surface area (Å²) >= 11 is 0.969. The van der Waals surface area contributed by atoms with Crippen molar-refractivity contribution in [3.8, 4) is 0 Å². The predicted molar refractivity (Wildman–Crippen MR) is 66.3 cm³/mol. The van der Waals surface area contributed by atoms with Gasteiger partial charge in [-0.05, 0) is 30.3 Å². The summed E-state index contributed by atoms with van der Waals surface area (Å²) in [6.07, 6.45) is 4.94. The Hall–Kier alpha value is -1.49. The Balaban J connectivity index is 2.13. The zero-order chi connectivity index (χ0) is 12.3. The third kappa shape index (κ3) is 2.61. The number of imide groups is 1. The molecule has 1 aliphatic rings. The highest BCUT2D eigenvalue weighted by atomic mass is 32.2. The Bertz CT molecular complexity index is 450. The van der Waals surface area contributed by atoms with Gasteiger partial charge in [0.1, 0.15) is 5.76 Å². The van der Waals surface area contributed by atoms with Gasteiger partial charge in [0.25, 0.3) is 11.1 Å². The molecule has 4 nitrogen and oxygen atoms in total. The lowest BCUT2D eigenvalue weighted by Crippen LogP contribution is -2.29. The minimum Gasteiger partial charge on any atom is -0.465 e. The van der Waals surface area contributed by atoms with Crippen LogP contribution < -0.4 is 0 Å². The standard InChI is InChI=1S/C12H13NO3S/c1-2-3-6-13-11(14)10(17-12(13)15)8-9-5-4-7-16-9/h4-5,7-8H,2-3,6H2,1H3. The van der Waals surface area contributed by atoms with Gasteiger partial charge in [0, 0.05) is 12.6 Å². The minimum atomic E-state index is -0.218. The fourth-order valence-electron chi connectivity index (χ4n) is 1.51. The van der Waals surface area contributed by atoms with Crippen molar-refractivity contribution < 1.29 is 14.0 Å². The molecule has 5 heteroatoms. The largest absolute Gasteiger partial charge is 0.465 e. The molecule has 0 radical (unpaired) electrons. The molecule has 0 aliphatic carbocycles. The molecule has 0 N–H and O–H groups in total. The molecule has 2 amide bonds. The fourth-order valence-corrected chi connectivity index (χ4v) is 2.36. The summed E-state index contributed by atoms with van der Waals surface area (Å²) in [4.78, 5) is 25.3. The fraction of sp³-hybridized carbons (Fsp3) is 0.333. The topological polar surface area (TPSA) is 50.5 Å². The molecule has 0 spiro atoms. The van der Waals surface area contributed by atoms with E-state index in [0.29, 0.717) is 17.2 Å². The van der Waals surface area contributed by atoms with E-state index in [1.165, 1.54) is 11.2 Å². The van der Waals surface area contributed by atoms with Crippen LogP contribution in [0, 0.1) is 0 Å². The van der Waals surface area contributed by atoms with Crippen LogP contribution >= 0.6 is 11.8 Å². The number of rotatable bonds is 4. The van der Waals surface area contributed by atoms with E-state index in [0.717, 1.165) is 24.6 Å². The molecule has 2 rings (SSSR count). The van der Waals surface area contributed by atoms with Crippen molar-refractivity contribution >= 4 is 29.0 Å². The van der Waals surface area contributed by atoms with E-state index < -0.39 is 0 Å². The van der Waals surface area contributed by atoms with Crippen LogP contribution in [0.3, 0.4) is 0 Å². The normalized spacial score (nSPS) is 18.4. The lowest BCUT2D eigenvalue weighted by molar-refractivity contribution is -0.122. The molecule has 90 valence electrons. The first kappa shape index (κ1) is 12.0. The molecule has 17 heavy (non-hydrogen) atoms. The SMILES string of the molecule is CCCCN1C(=O)SC(=Cc2ccco2)C1=O. The number of hydrogen-bond acceptors (Lipinski definition) is 4. The molecule has 2 heterocycles. The van der Waals surface area contributed by atoms with Crippen molar-refractivity contribution in [3.63, 3.8) is 0 Å². The number of carbonyl (C=O) groups is 2. The van der Waals surface area contributed by atoms with Gasteiger partial charge >= 0.3 is 0 Å². The van der Waals surface area contributed by atoms with Crippen LogP contribution in [0.5, 0.6) is 0 Å². The highest BCUT2D eigenvalue weighted by Gasteiger charge is 2.34. The predicted octanol–water partition coefficient (Wildman–Crippen LogP) is 3.12. The van der Waals surface area contributed by atoms with Crippen molar-refractivity contribution in [1.82, 2.24) is 4.90 Å². The van der Waals surface area contributed by atoms with Crippen molar-refractivity contribution in [2.24, 2.45) is 0 Å². The number of carbonyl (C=O) groups excluding carboxylic acids is 2. The maximum Gasteiger partial charge on any atom is 0.293 e. The van der Waals surface area contributed by atoms with Crippen LogP contribution in [-0.4, -0.2) is 22.6 Å². The molecule has 0 unspecified atom stereocenters. The Labute approximate surface area is 104 Å². The molecule has 1 fully saturated rings. The van der Waals surface area contributed by atoms with Crippen molar-refractivity contribution in [2.75, 3.05) is 6.54 Å². The average Bonchev–Trinajstić information content (AvgIpc) is 2.89. The van der Waals surface area contributed by atoms with E-state index in [2.05, 4.69) is 0 Å².